The summed E-state index contributed by atoms with van der Waals surface area (Å²) in [5, 5.41) is 0. The molecule has 0 amide bonds. The van der Waals surface area contributed by atoms with Crippen molar-refractivity contribution >= 4 is 21.1 Å². The maximum Gasteiger partial charge on any atom is 0.243 e. The summed E-state index contributed by atoms with van der Waals surface area (Å²) >= 11 is 0. The van der Waals surface area contributed by atoms with Gasteiger partial charge in [-0.15, -0.1) is 0 Å². The van der Waals surface area contributed by atoms with Gasteiger partial charge in [0.25, 0.3) is 0 Å². The molecule has 0 bridgehead atoms. The van der Waals surface area contributed by atoms with E-state index < -0.39 is 10.0 Å². The molecule has 4 aromatic rings. The number of imidazole rings is 1. The summed E-state index contributed by atoms with van der Waals surface area (Å²) in [7, 11) is -2.00. The molecule has 0 fully saturated rings. The van der Waals surface area contributed by atoms with Gasteiger partial charge < -0.3 is 9.30 Å². The number of fused-ring (bicyclic) bond motifs is 1. The number of ether oxygens (including phenoxy) is 1. The van der Waals surface area contributed by atoms with Crippen LogP contribution in [0.2, 0.25) is 0 Å². The Morgan fingerprint density at radius 2 is 1.56 bits per heavy atom. The Morgan fingerprint density at radius 3 is 2.29 bits per heavy atom. The number of unbranched alkanes of at least 4 members (excludes halogenated alkanes) is 1. The van der Waals surface area contributed by atoms with E-state index in [-0.39, 0.29) is 11.4 Å². The predicted octanol–water partition coefficient (Wildman–Crippen LogP) is 5.33. The molecule has 6 nitrogen and oxygen atoms in total. The Balaban J connectivity index is 1.46. The van der Waals surface area contributed by atoms with Crippen LogP contribution in [-0.2, 0) is 23.1 Å². The van der Waals surface area contributed by atoms with Crippen LogP contribution in [0.1, 0.15) is 29.8 Å². The summed E-state index contributed by atoms with van der Waals surface area (Å²) in [6.07, 6.45) is 1.78. The van der Waals surface area contributed by atoms with E-state index in [0.29, 0.717) is 6.61 Å². The second-order valence-corrected chi connectivity index (χ2v) is 10.6. The van der Waals surface area contributed by atoms with Crippen LogP contribution in [0.3, 0.4) is 0 Å². The van der Waals surface area contributed by atoms with E-state index in [1.807, 2.05) is 36.4 Å². The van der Waals surface area contributed by atoms with Crippen molar-refractivity contribution in [3.63, 3.8) is 0 Å². The van der Waals surface area contributed by atoms with Crippen LogP contribution in [0, 0.1) is 13.8 Å². The molecule has 0 radical (unpaired) electrons. The number of rotatable bonds is 10. The molecule has 0 spiro atoms. The average Bonchev–Trinajstić information content (AvgIpc) is 3.18. The molecule has 0 atom stereocenters. The lowest BCUT2D eigenvalue weighted by Gasteiger charge is -2.18. The van der Waals surface area contributed by atoms with Crippen molar-refractivity contribution in [3.8, 4) is 5.75 Å². The normalized spacial score (nSPS) is 11.9. The standard InChI is InChI=1S/C27H31N3O3S/c1-21-12-11-13-22(2)27(21)33-19-10-9-18-30-25-17-8-7-16-24(25)28-26(30)20-29(3)34(31,32)23-14-5-4-6-15-23/h4-8,11-17H,9-10,18-20H2,1-3H3. The van der Waals surface area contributed by atoms with Gasteiger partial charge in [-0.3, -0.25) is 0 Å². The van der Waals surface area contributed by atoms with E-state index in [1.165, 1.54) is 4.31 Å². The molecule has 1 aromatic heterocycles. The van der Waals surface area contributed by atoms with Crippen molar-refractivity contribution in [2.24, 2.45) is 0 Å². The fourth-order valence-electron chi connectivity index (χ4n) is 4.13. The second kappa shape index (κ2) is 10.4. The second-order valence-electron chi connectivity index (χ2n) is 8.52. The third kappa shape index (κ3) is 5.16. The molecule has 0 saturated heterocycles. The highest BCUT2D eigenvalue weighted by molar-refractivity contribution is 7.89. The lowest BCUT2D eigenvalue weighted by atomic mass is 10.1. The maximum atomic E-state index is 13.0. The van der Waals surface area contributed by atoms with E-state index in [4.69, 9.17) is 9.72 Å². The van der Waals surface area contributed by atoms with E-state index in [1.54, 1.807) is 31.3 Å². The predicted molar refractivity (Wildman–Crippen MR) is 135 cm³/mol. The summed E-state index contributed by atoms with van der Waals surface area (Å²) in [4.78, 5) is 5.04. The smallest absolute Gasteiger partial charge is 0.243 e. The number of nitrogens with zero attached hydrogens (tertiary/aromatic N) is 3. The lowest BCUT2D eigenvalue weighted by molar-refractivity contribution is 0.299. The van der Waals surface area contributed by atoms with Crippen molar-refractivity contribution in [2.75, 3.05) is 13.7 Å². The number of aromatic nitrogens is 2. The van der Waals surface area contributed by atoms with Crippen molar-refractivity contribution in [1.29, 1.82) is 0 Å². The van der Waals surface area contributed by atoms with Crippen LogP contribution < -0.4 is 4.74 Å². The van der Waals surface area contributed by atoms with Gasteiger partial charge in [-0.25, -0.2) is 13.4 Å². The molecule has 0 N–H and O–H groups in total. The van der Waals surface area contributed by atoms with Crippen LogP contribution in [0.25, 0.3) is 11.0 Å². The van der Waals surface area contributed by atoms with Crippen molar-refractivity contribution < 1.29 is 13.2 Å². The zero-order valence-electron chi connectivity index (χ0n) is 19.9. The van der Waals surface area contributed by atoms with Crippen LogP contribution >= 0.6 is 0 Å². The van der Waals surface area contributed by atoms with Gasteiger partial charge in [-0.05, 0) is 62.1 Å². The first-order chi connectivity index (χ1) is 16.4. The van der Waals surface area contributed by atoms with Gasteiger partial charge >= 0.3 is 0 Å². The number of hydrogen-bond donors (Lipinski definition) is 0. The quantitative estimate of drug-likeness (QED) is 0.290. The third-order valence-corrected chi connectivity index (χ3v) is 7.80. The minimum atomic E-state index is -3.60. The lowest BCUT2D eigenvalue weighted by Crippen LogP contribution is -2.28. The molecule has 0 aliphatic carbocycles. The number of benzene rings is 3. The van der Waals surface area contributed by atoms with Crippen LogP contribution in [0.15, 0.2) is 77.7 Å². The Morgan fingerprint density at radius 1 is 0.882 bits per heavy atom. The van der Waals surface area contributed by atoms with Gasteiger partial charge in [-0.1, -0.05) is 48.5 Å². The largest absolute Gasteiger partial charge is 0.493 e. The first kappa shape index (κ1) is 24.0. The molecule has 0 aliphatic rings. The molecule has 3 aromatic carbocycles. The Kier molecular flexibility index (Phi) is 7.34. The molecule has 4 rings (SSSR count). The number of para-hydroxylation sites is 3. The molecule has 0 saturated carbocycles. The van der Waals surface area contributed by atoms with Crippen molar-refractivity contribution in [1.82, 2.24) is 13.9 Å². The summed E-state index contributed by atoms with van der Waals surface area (Å²) < 4.78 is 35.6. The van der Waals surface area contributed by atoms with Gasteiger partial charge in [0, 0.05) is 13.6 Å². The van der Waals surface area contributed by atoms with E-state index in [9.17, 15) is 8.42 Å². The van der Waals surface area contributed by atoms with E-state index >= 15 is 0 Å². The summed E-state index contributed by atoms with van der Waals surface area (Å²) in [6.45, 7) is 5.70. The highest BCUT2D eigenvalue weighted by Crippen LogP contribution is 2.23. The molecular formula is C27H31N3O3S. The van der Waals surface area contributed by atoms with E-state index in [2.05, 4.69) is 30.5 Å². The monoisotopic (exact) mass is 477 g/mol. The average molecular weight is 478 g/mol. The molecule has 0 aliphatic heterocycles. The van der Waals surface area contributed by atoms with Crippen LogP contribution in [0.5, 0.6) is 5.75 Å². The van der Waals surface area contributed by atoms with Gasteiger partial charge in [0.2, 0.25) is 10.0 Å². The zero-order chi connectivity index (χ0) is 24.1. The first-order valence-corrected chi connectivity index (χ1v) is 13.0. The minimum Gasteiger partial charge on any atom is -0.493 e. The van der Waals surface area contributed by atoms with Crippen LogP contribution in [-0.4, -0.2) is 35.9 Å². The maximum absolute atomic E-state index is 13.0. The first-order valence-electron chi connectivity index (χ1n) is 11.5. The molecule has 7 heteroatoms. The fourth-order valence-corrected chi connectivity index (χ4v) is 5.27. The fraction of sp³-hybridized carbons (Fsp3) is 0.296. The molecule has 0 unspecified atom stereocenters. The molecular weight excluding hydrogens is 446 g/mol. The van der Waals surface area contributed by atoms with Gasteiger partial charge in [0.15, 0.2) is 0 Å². The number of aryl methyl sites for hydroxylation is 3. The van der Waals surface area contributed by atoms with Gasteiger partial charge in [0.05, 0.1) is 29.1 Å². The van der Waals surface area contributed by atoms with Crippen LogP contribution in [0.4, 0.5) is 0 Å². The SMILES string of the molecule is Cc1cccc(C)c1OCCCCn1c(CN(C)S(=O)(=O)c2ccccc2)nc2ccccc21. The summed E-state index contributed by atoms with van der Waals surface area (Å²) in [5.74, 6) is 1.70. The minimum absolute atomic E-state index is 0.199. The topological polar surface area (TPSA) is 64.4 Å². The number of sulfonamides is 1. The van der Waals surface area contributed by atoms with E-state index in [0.717, 1.165) is 53.1 Å². The Hall–Kier alpha value is -3.16. The third-order valence-electron chi connectivity index (χ3n) is 5.98. The molecule has 34 heavy (non-hydrogen) atoms. The zero-order valence-corrected chi connectivity index (χ0v) is 20.8. The number of hydrogen-bond acceptors (Lipinski definition) is 4. The summed E-state index contributed by atoms with van der Waals surface area (Å²) in [6, 6.07) is 22.6. The van der Waals surface area contributed by atoms with Crippen molar-refractivity contribution in [3.05, 3.63) is 89.7 Å². The molecule has 178 valence electrons. The Bertz CT molecular complexity index is 1340. The van der Waals surface area contributed by atoms with Gasteiger partial charge in [0.1, 0.15) is 11.6 Å². The van der Waals surface area contributed by atoms with Gasteiger partial charge in [-0.2, -0.15) is 4.31 Å². The summed E-state index contributed by atoms with van der Waals surface area (Å²) in [5.41, 5.74) is 4.17. The highest BCUT2D eigenvalue weighted by atomic mass is 32.2. The Labute approximate surface area is 201 Å². The molecule has 1 heterocycles. The van der Waals surface area contributed by atoms with Crippen molar-refractivity contribution in [2.45, 2.75) is 44.7 Å². The highest BCUT2D eigenvalue weighted by Gasteiger charge is 2.23.